The van der Waals surface area contributed by atoms with Gasteiger partial charge >= 0.3 is 0 Å². The second-order valence-corrected chi connectivity index (χ2v) is 2.33. The third kappa shape index (κ3) is 3.54. The van der Waals surface area contributed by atoms with E-state index in [0.717, 1.165) is 12.0 Å². The molecule has 0 aliphatic carbocycles. The van der Waals surface area contributed by atoms with Crippen LogP contribution >= 0.6 is 0 Å². The number of hydrogen-bond donors (Lipinski definition) is 1. The first kappa shape index (κ1) is 11.2. The van der Waals surface area contributed by atoms with Crippen molar-refractivity contribution in [2.45, 2.75) is 33.3 Å². The Morgan fingerprint density at radius 3 is 2.08 bits per heavy atom. The predicted octanol–water partition coefficient (Wildman–Crippen LogP) is 3.16. The summed E-state index contributed by atoms with van der Waals surface area (Å²) < 4.78 is 0. The summed E-state index contributed by atoms with van der Waals surface area (Å²) in [4.78, 5) is 0. The van der Waals surface area contributed by atoms with Crippen molar-refractivity contribution < 1.29 is 5.11 Å². The van der Waals surface area contributed by atoms with Crippen molar-refractivity contribution in [3.05, 3.63) is 35.9 Å². The average Bonchev–Trinajstić information content (AvgIpc) is 2.21. The molecule has 1 nitrogen and oxygen atoms in total. The first-order valence-corrected chi connectivity index (χ1v) is 4.57. The molecule has 0 radical (unpaired) electrons. The quantitative estimate of drug-likeness (QED) is 0.715. The van der Waals surface area contributed by atoms with Gasteiger partial charge in [0.2, 0.25) is 0 Å². The summed E-state index contributed by atoms with van der Waals surface area (Å²) in [5.41, 5.74) is 1.00. The summed E-state index contributed by atoms with van der Waals surface area (Å²) in [6.45, 7) is 5.97. The van der Waals surface area contributed by atoms with Gasteiger partial charge in [0.05, 0.1) is 6.10 Å². The normalized spacial score (nSPS) is 11.3. The average molecular weight is 166 g/mol. The molecule has 1 aromatic carbocycles. The Bertz CT molecular complexity index is 181. The SMILES string of the molecule is CC.CC[C@H](O)c1ccccc1. The maximum atomic E-state index is 9.33. The van der Waals surface area contributed by atoms with Gasteiger partial charge in [-0.15, -0.1) is 0 Å². The number of aliphatic hydroxyl groups excluding tert-OH is 1. The van der Waals surface area contributed by atoms with Crippen LogP contribution in [-0.4, -0.2) is 5.11 Å². The molecule has 0 fully saturated rings. The van der Waals surface area contributed by atoms with E-state index in [2.05, 4.69) is 0 Å². The number of aliphatic hydroxyl groups is 1. The Hall–Kier alpha value is -0.820. The molecule has 1 rings (SSSR count). The molecule has 1 heteroatoms. The zero-order valence-electron chi connectivity index (χ0n) is 8.12. The molecular formula is C11H18O. The summed E-state index contributed by atoms with van der Waals surface area (Å²) in [5, 5.41) is 9.33. The third-order valence-corrected chi connectivity index (χ3v) is 1.57. The summed E-state index contributed by atoms with van der Waals surface area (Å²) in [7, 11) is 0. The van der Waals surface area contributed by atoms with Crippen molar-refractivity contribution in [1.29, 1.82) is 0 Å². The van der Waals surface area contributed by atoms with E-state index in [-0.39, 0.29) is 6.10 Å². The summed E-state index contributed by atoms with van der Waals surface area (Å²) >= 11 is 0. The van der Waals surface area contributed by atoms with Gasteiger partial charge in [0, 0.05) is 0 Å². The molecule has 0 saturated carbocycles. The monoisotopic (exact) mass is 166 g/mol. The highest BCUT2D eigenvalue weighted by Gasteiger charge is 2.00. The highest BCUT2D eigenvalue weighted by Crippen LogP contribution is 2.14. The second-order valence-electron chi connectivity index (χ2n) is 2.33. The lowest BCUT2D eigenvalue weighted by Gasteiger charge is -2.05. The van der Waals surface area contributed by atoms with Crippen molar-refractivity contribution in [2.24, 2.45) is 0 Å². The van der Waals surface area contributed by atoms with Crippen LogP contribution in [0.3, 0.4) is 0 Å². The lowest BCUT2D eigenvalue weighted by Crippen LogP contribution is -1.93. The molecule has 0 aliphatic heterocycles. The van der Waals surface area contributed by atoms with Crippen LogP contribution in [0.2, 0.25) is 0 Å². The predicted molar refractivity (Wildman–Crippen MR) is 53.0 cm³/mol. The molecule has 0 amide bonds. The Kier molecular flexibility index (Phi) is 6.39. The largest absolute Gasteiger partial charge is 0.388 e. The zero-order valence-corrected chi connectivity index (χ0v) is 8.12. The van der Waals surface area contributed by atoms with Crippen molar-refractivity contribution in [3.8, 4) is 0 Å². The summed E-state index contributed by atoms with van der Waals surface area (Å²) in [5.74, 6) is 0. The Balaban J connectivity index is 0.000000561. The van der Waals surface area contributed by atoms with Crippen LogP contribution in [0.25, 0.3) is 0 Å². The molecule has 12 heavy (non-hydrogen) atoms. The van der Waals surface area contributed by atoms with Crippen molar-refractivity contribution in [1.82, 2.24) is 0 Å². The molecule has 0 unspecified atom stereocenters. The zero-order chi connectivity index (χ0) is 9.40. The van der Waals surface area contributed by atoms with E-state index < -0.39 is 0 Å². The second kappa shape index (κ2) is 6.86. The van der Waals surface area contributed by atoms with Gasteiger partial charge < -0.3 is 5.11 Å². The molecule has 0 saturated heterocycles. The molecule has 0 heterocycles. The van der Waals surface area contributed by atoms with E-state index in [1.165, 1.54) is 0 Å². The van der Waals surface area contributed by atoms with E-state index in [4.69, 9.17) is 0 Å². The van der Waals surface area contributed by atoms with E-state index >= 15 is 0 Å². The highest BCUT2D eigenvalue weighted by atomic mass is 16.3. The maximum Gasteiger partial charge on any atom is 0.0787 e. The van der Waals surface area contributed by atoms with Crippen LogP contribution in [-0.2, 0) is 0 Å². The van der Waals surface area contributed by atoms with Crippen LogP contribution in [0.15, 0.2) is 30.3 Å². The smallest absolute Gasteiger partial charge is 0.0787 e. The van der Waals surface area contributed by atoms with Crippen molar-refractivity contribution >= 4 is 0 Å². The van der Waals surface area contributed by atoms with E-state index in [1.807, 2.05) is 51.1 Å². The fourth-order valence-electron chi connectivity index (χ4n) is 0.911. The molecule has 68 valence electrons. The fraction of sp³-hybridized carbons (Fsp3) is 0.455. The van der Waals surface area contributed by atoms with Gasteiger partial charge in [-0.1, -0.05) is 51.1 Å². The standard InChI is InChI=1S/C9H12O.C2H6/c1-2-9(10)8-6-4-3-5-7-8;1-2/h3-7,9-10H,2H2,1H3;1-2H3/t9-;/m0./s1. The lowest BCUT2D eigenvalue weighted by molar-refractivity contribution is 0.173. The molecular weight excluding hydrogens is 148 g/mol. The van der Waals surface area contributed by atoms with Gasteiger partial charge in [0.15, 0.2) is 0 Å². The minimum Gasteiger partial charge on any atom is -0.388 e. The number of rotatable bonds is 2. The summed E-state index contributed by atoms with van der Waals surface area (Å²) in [6, 6.07) is 9.70. The summed E-state index contributed by atoms with van der Waals surface area (Å²) in [6.07, 6.45) is 0.491. The van der Waals surface area contributed by atoms with Crippen LogP contribution in [0, 0.1) is 0 Å². The minimum absolute atomic E-state index is 0.291. The topological polar surface area (TPSA) is 20.2 Å². The van der Waals surface area contributed by atoms with Gasteiger partial charge in [-0.05, 0) is 12.0 Å². The van der Waals surface area contributed by atoms with Crippen LogP contribution in [0.5, 0.6) is 0 Å². The Morgan fingerprint density at radius 1 is 1.17 bits per heavy atom. The fourth-order valence-corrected chi connectivity index (χ4v) is 0.911. The van der Waals surface area contributed by atoms with Gasteiger partial charge in [-0.25, -0.2) is 0 Å². The number of hydrogen-bond acceptors (Lipinski definition) is 1. The maximum absolute atomic E-state index is 9.33. The Morgan fingerprint density at radius 2 is 1.67 bits per heavy atom. The molecule has 1 atom stereocenters. The van der Waals surface area contributed by atoms with E-state index in [1.54, 1.807) is 0 Å². The molecule has 1 N–H and O–H groups in total. The van der Waals surface area contributed by atoms with Crippen LogP contribution < -0.4 is 0 Å². The van der Waals surface area contributed by atoms with E-state index in [9.17, 15) is 5.11 Å². The number of benzene rings is 1. The van der Waals surface area contributed by atoms with Gasteiger partial charge in [0.25, 0.3) is 0 Å². The van der Waals surface area contributed by atoms with Crippen molar-refractivity contribution in [2.75, 3.05) is 0 Å². The van der Waals surface area contributed by atoms with Gasteiger partial charge in [-0.2, -0.15) is 0 Å². The molecule has 0 aliphatic rings. The van der Waals surface area contributed by atoms with E-state index in [0.29, 0.717) is 0 Å². The molecule has 0 bridgehead atoms. The first-order valence-electron chi connectivity index (χ1n) is 4.57. The lowest BCUT2D eigenvalue weighted by atomic mass is 10.1. The minimum atomic E-state index is -0.291. The van der Waals surface area contributed by atoms with Crippen LogP contribution in [0.1, 0.15) is 38.9 Å². The van der Waals surface area contributed by atoms with Gasteiger partial charge in [-0.3, -0.25) is 0 Å². The van der Waals surface area contributed by atoms with Crippen molar-refractivity contribution in [3.63, 3.8) is 0 Å². The Labute approximate surface area is 75.1 Å². The molecule has 1 aromatic rings. The third-order valence-electron chi connectivity index (χ3n) is 1.57. The molecule has 0 spiro atoms. The molecule has 0 aromatic heterocycles. The van der Waals surface area contributed by atoms with Crippen LogP contribution in [0.4, 0.5) is 0 Å². The highest BCUT2D eigenvalue weighted by molar-refractivity contribution is 5.16. The first-order chi connectivity index (χ1) is 5.84. The van der Waals surface area contributed by atoms with Gasteiger partial charge in [0.1, 0.15) is 0 Å².